The van der Waals surface area contributed by atoms with Gasteiger partial charge < -0.3 is 5.32 Å². The Morgan fingerprint density at radius 3 is 2.41 bits per heavy atom. The van der Waals surface area contributed by atoms with Crippen molar-refractivity contribution in [3.05, 3.63) is 71.5 Å². The van der Waals surface area contributed by atoms with E-state index in [1.54, 1.807) is 30.3 Å². The Morgan fingerprint density at radius 1 is 1.05 bits per heavy atom. The summed E-state index contributed by atoms with van der Waals surface area (Å²) in [5, 5.41) is 6.20. The molecule has 0 aliphatic heterocycles. The van der Waals surface area contributed by atoms with E-state index in [-0.39, 0.29) is 18.3 Å². The second-order valence-electron chi connectivity index (χ2n) is 4.39. The molecule has 2 N–H and O–H groups in total. The van der Waals surface area contributed by atoms with Gasteiger partial charge in [-0.05, 0) is 29.8 Å². The number of rotatable bonds is 5. The van der Waals surface area contributed by atoms with Crippen LogP contribution < -0.4 is 10.7 Å². The van der Waals surface area contributed by atoms with E-state index in [4.69, 9.17) is 0 Å². The second-order valence-corrected chi connectivity index (χ2v) is 4.39. The number of benzene rings is 2. The number of hydrazone groups is 1. The van der Waals surface area contributed by atoms with Gasteiger partial charge in [0.25, 0.3) is 11.8 Å². The zero-order valence-corrected chi connectivity index (χ0v) is 11.6. The molecule has 0 saturated carbocycles. The van der Waals surface area contributed by atoms with Crippen LogP contribution in [0.5, 0.6) is 0 Å². The summed E-state index contributed by atoms with van der Waals surface area (Å²) >= 11 is 0. The van der Waals surface area contributed by atoms with E-state index in [1.165, 1.54) is 30.5 Å². The van der Waals surface area contributed by atoms with Crippen LogP contribution in [0.3, 0.4) is 0 Å². The molecule has 0 heterocycles. The Bertz CT molecular complexity index is 670. The molecule has 2 amide bonds. The Morgan fingerprint density at radius 2 is 1.73 bits per heavy atom. The summed E-state index contributed by atoms with van der Waals surface area (Å²) in [7, 11) is 0. The Kier molecular flexibility index (Phi) is 5.37. The minimum Gasteiger partial charge on any atom is -0.343 e. The Hall–Kier alpha value is -3.02. The number of carbonyl (C=O) groups is 2. The fourth-order valence-electron chi connectivity index (χ4n) is 1.62. The molecule has 0 bridgehead atoms. The van der Waals surface area contributed by atoms with Crippen molar-refractivity contribution >= 4 is 18.0 Å². The van der Waals surface area contributed by atoms with Crippen LogP contribution in [0.25, 0.3) is 0 Å². The van der Waals surface area contributed by atoms with Gasteiger partial charge in [0, 0.05) is 5.56 Å². The number of carbonyl (C=O) groups excluding carboxylic acids is 2. The lowest BCUT2D eigenvalue weighted by atomic mass is 10.2. The lowest BCUT2D eigenvalue weighted by molar-refractivity contribution is -0.120. The molecule has 22 heavy (non-hydrogen) atoms. The van der Waals surface area contributed by atoms with Gasteiger partial charge in [0.15, 0.2) is 0 Å². The predicted molar refractivity (Wildman–Crippen MR) is 80.9 cm³/mol. The van der Waals surface area contributed by atoms with E-state index in [2.05, 4.69) is 15.8 Å². The smallest absolute Gasteiger partial charge is 0.259 e. The largest absolute Gasteiger partial charge is 0.343 e. The molecule has 0 spiro atoms. The molecule has 0 aliphatic carbocycles. The molecule has 0 aliphatic rings. The van der Waals surface area contributed by atoms with Gasteiger partial charge in [-0.25, -0.2) is 9.82 Å². The van der Waals surface area contributed by atoms with Crippen LogP contribution in [0.2, 0.25) is 0 Å². The quantitative estimate of drug-likeness (QED) is 0.652. The standard InChI is InChI=1S/C16H14FN3O2/c17-14-8-6-12(7-9-14)10-19-20-15(21)11-18-16(22)13-4-2-1-3-5-13/h1-10H,11H2,(H,18,22)(H,20,21)/b19-10-. The highest BCUT2D eigenvalue weighted by Gasteiger charge is 2.06. The van der Waals surface area contributed by atoms with Crippen LogP contribution in [-0.4, -0.2) is 24.6 Å². The van der Waals surface area contributed by atoms with Gasteiger partial charge in [0.2, 0.25) is 0 Å². The van der Waals surface area contributed by atoms with E-state index in [0.717, 1.165) is 0 Å². The second kappa shape index (κ2) is 7.68. The van der Waals surface area contributed by atoms with Gasteiger partial charge in [-0.15, -0.1) is 0 Å². The number of halogens is 1. The van der Waals surface area contributed by atoms with E-state index >= 15 is 0 Å². The summed E-state index contributed by atoms with van der Waals surface area (Å²) in [6.45, 7) is -0.186. The summed E-state index contributed by atoms with van der Waals surface area (Å²) < 4.78 is 12.7. The van der Waals surface area contributed by atoms with Gasteiger partial charge in [-0.1, -0.05) is 30.3 Å². The monoisotopic (exact) mass is 299 g/mol. The molecule has 2 aromatic carbocycles. The number of nitrogens with zero attached hydrogens (tertiary/aromatic N) is 1. The average molecular weight is 299 g/mol. The molecule has 0 unspecified atom stereocenters. The molecule has 112 valence electrons. The fourth-order valence-corrected chi connectivity index (χ4v) is 1.62. The maximum Gasteiger partial charge on any atom is 0.259 e. The first-order chi connectivity index (χ1) is 10.6. The third-order valence-electron chi connectivity index (χ3n) is 2.72. The highest BCUT2D eigenvalue weighted by Crippen LogP contribution is 1.99. The van der Waals surface area contributed by atoms with Gasteiger partial charge >= 0.3 is 0 Å². The van der Waals surface area contributed by atoms with Gasteiger partial charge in [-0.3, -0.25) is 9.59 Å². The van der Waals surface area contributed by atoms with Crippen LogP contribution in [0.15, 0.2) is 59.7 Å². The Labute approximate surface area is 126 Å². The SMILES string of the molecule is O=C(CNC(=O)c1ccccc1)N/N=C\c1ccc(F)cc1. The highest BCUT2D eigenvalue weighted by molar-refractivity contribution is 5.96. The van der Waals surface area contributed by atoms with Crippen molar-refractivity contribution in [3.8, 4) is 0 Å². The van der Waals surface area contributed by atoms with E-state index in [0.29, 0.717) is 11.1 Å². The summed E-state index contributed by atoms with van der Waals surface area (Å²) in [5.41, 5.74) is 3.40. The molecule has 6 heteroatoms. The van der Waals surface area contributed by atoms with Crippen molar-refractivity contribution in [2.45, 2.75) is 0 Å². The lowest BCUT2D eigenvalue weighted by Gasteiger charge is -2.03. The number of nitrogens with one attached hydrogen (secondary N) is 2. The molecule has 0 aromatic heterocycles. The normalized spacial score (nSPS) is 10.4. The maximum absolute atomic E-state index is 12.7. The van der Waals surface area contributed by atoms with Crippen molar-refractivity contribution in [2.24, 2.45) is 5.10 Å². The number of hydrogen-bond acceptors (Lipinski definition) is 3. The zero-order chi connectivity index (χ0) is 15.8. The van der Waals surface area contributed by atoms with E-state index < -0.39 is 5.91 Å². The molecule has 5 nitrogen and oxygen atoms in total. The summed E-state index contributed by atoms with van der Waals surface area (Å²) in [5.74, 6) is -1.13. The minimum atomic E-state index is -0.456. The van der Waals surface area contributed by atoms with E-state index in [9.17, 15) is 14.0 Å². The summed E-state index contributed by atoms with van der Waals surface area (Å²) in [4.78, 5) is 23.2. The minimum absolute atomic E-state index is 0.186. The van der Waals surface area contributed by atoms with Crippen molar-refractivity contribution in [3.63, 3.8) is 0 Å². The molecule has 0 saturated heterocycles. The fraction of sp³-hybridized carbons (Fsp3) is 0.0625. The number of amides is 2. The summed E-state index contributed by atoms with van der Waals surface area (Å²) in [6.07, 6.45) is 1.39. The zero-order valence-electron chi connectivity index (χ0n) is 11.6. The van der Waals surface area contributed by atoms with Crippen LogP contribution in [0.1, 0.15) is 15.9 Å². The highest BCUT2D eigenvalue weighted by atomic mass is 19.1. The molecule has 2 rings (SSSR count). The first-order valence-electron chi connectivity index (χ1n) is 6.56. The Balaban J connectivity index is 1.76. The van der Waals surface area contributed by atoms with Crippen LogP contribution in [0.4, 0.5) is 4.39 Å². The molecule has 2 aromatic rings. The molecular formula is C16H14FN3O2. The number of hydrogen-bond donors (Lipinski definition) is 2. The van der Waals surface area contributed by atoms with Crippen molar-refractivity contribution in [1.29, 1.82) is 0 Å². The van der Waals surface area contributed by atoms with Gasteiger partial charge in [0.1, 0.15) is 5.82 Å². The van der Waals surface area contributed by atoms with Gasteiger partial charge in [0.05, 0.1) is 12.8 Å². The maximum atomic E-state index is 12.7. The third kappa shape index (κ3) is 4.82. The van der Waals surface area contributed by atoms with Crippen LogP contribution in [0, 0.1) is 5.82 Å². The third-order valence-corrected chi connectivity index (χ3v) is 2.72. The van der Waals surface area contributed by atoms with Crippen molar-refractivity contribution in [1.82, 2.24) is 10.7 Å². The molecular weight excluding hydrogens is 285 g/mol. The van der Waals surface area contributed by atoms with Crippen molar-refractivity contribution < 1.29 is 14.0 Å². The lowest BCUT2D eigenvalue weighted by Crippen LogP contribution is -2.34. The molecule has 0 radical (unpaired) electrons. The van der Waals surface area contributed by atoms with Crippen LogP contribution in [-0.2, 0) is 4.79 Å². The average Bonchev–Trinajstić information content (AvgIpc) is 2.55. The first kappa shape index (κ1) is 15.4. The predicted octanol–water partition coefficient (Wildman–Crippen LogP) is 1.71. The molecule has 0 atom stereocenters. The summed E-state index contributed by atoms with van der Waals surface area (Å²) in [6, 6.07) is 14.2. The van der Waals surface area contributed by atoms with E-state index in [1.807, 2.05) is 0 Å². The first-order valence-corrected chi connectivity index (χ1v) is 6.56. The van der Waals surface area contributed by atoms with Crippen molar-refractivity contribution in [2.75, 3.05) is 6.54 Å². The van der Waals surface area contributed by atoms with Gasteiger partial charge in [-0.2, -0.15) is 5.10 Å². The molecule has 0 fully saturated rings. The topological polar surface area (TPSA) is 70.6 Å². The van der Waals surface area contributed by atoms with Crippen LogP contribution >= 0.6 is 0 Å².